The van der Waals surface area contributed by atoms with E-state index >= 15 is 0 Å². The summed E-state index contributed by atoms with van der Waals surface area (Å²) in [5.74, 6) is 0.495. The lowest BCUT2D eigenvalue weighted by atomic mass is 9.86. The van der Waals surface area contributed by atoms with Crippen molar-refractivity contribution in [3.63, 3.8) is 0 Å². The average molecular weight is 247 g/mol. The van der Waals surface area contributed by atoms with Crippen molar-refractivity contribution >= 4 is 0 Å². The van der Waals surface area contributed by atoms with Gasteiger partial charge in [0, 0.05) is 11.6 Å². The number of phenols is 1. The molecule has 0 aliphatic heterocycles. The first kappa shape index (κ1) is 13.4. The van der Waals surface area contributed by atoms with Gasteiger partial charge in [-0.2, -0.15) is 0 Å². The highest BCUT2D eigenvalue weighted by atomic mass is 16.3. The van der Waals surface area contributed by atoms with E-state index in [1.54, 1.807) is 0 Å². The zero-order valence-corrected chi connectivity index (χ0v) is 11.7. The molecule has 18 heavy (non-hydrogen) atoms. The van der Waals surface area contributed by atoms with Gasteiger partial charge in [0.05, 0.1) is 0 Å². The topological polar surface area (TPSA) is 23.5 Å². The molecule has 0 spiro atoms. The van der Waals surface area contributed by atoms with E-state index in [0.717, 1.165) is 19.5 Å². The van der Waals surface area contributed by atoms with E-state index in [2.05, 4.69) is 24.8 Å². The number of nitrogens with zero attached hydrogens (tertiary/aromatic N) is 1. The fourth-order valence-electron chi connectivity index (χ4n) is 3.20. The van der Waals surface area contributed by atoms with Crippen molar-refractivity contribution in [2.75, 3.05) is 13.1 Å². The largest absolute Gasteiger partial charge is 0.508 e. The van der Waals surface area contributed by atoms with Crippen LogP contribution in [0.5, 0.6) is 5.75 Å². The van der Waals surface area contributed by atoms with Gasteiger partial charge in [0.2, 0.25) is 0 Å². The number of rotatable bonds is 5. The van der Waals surface area contributed by atoms with Gasteiger partial charge in [-0.15, -0.1) is 0 Å². The van der Waals surface area contributed by atoms with Crippen molar-refractivity contribution < 1.29 is 5.11 Å². The minimum atomic E-state index is 0.426. The van der Waals surface area contributed by atoms with Crippen LogP contribution in [0.3, 0.4) is 0 Å². The minimum absolute atomic E-state index is 0.426. The Morgan fingerprint density at radius 2 is 1.94 bits per heavy atom. The van der Waals surface area contributed by atoms with Crippen molar-refractivity contribution in [3.05, 3.63) is 29.3 Å². The SMILES string of the molecule is CCCN(CCC)C1CCCc2cccc(O)c21. The third-order valence-corrected chi connectivity index (χ3v) is 3.89. The molecule has 0 fully saturated rings. The Kier molecular flexibility index (Phi) is 4.65. The molecule has 2 rings (SSSR count). The molecule has 2 nitrogen and oxygen atoms in total. The molecular formula is C16H25NO. The fourth-order valence-corrected chi connectivity index (χ4v) is 3.20. The molecule has 1 atom stereocenters. The number of aromatic hydroxyl groups is 1. The highest BCUT2D eigenvalue weighted by Gasteiger charge is 2.27. The molecule has 1 aromatic rings. The summed E-state index contributed by atoms with van der Waals surface area (Å²) in [6.45, 7) is 6.73. The molecule has 100 valence electrons. The van der Waals surface area contributed by atoms with E-state index in [1.165, 1.54) is 36.8 Å². The summed E-state index contributed by atoms with van der Waals surface area (Å²) in [7, 11) is 0. The van der Waals surface area contributed by atoms with E-state index in [1.807, 2.05) is 12.1 Å². The maximum absolute atomic E-state index is 10.2. The minimum Gasteiger partial charge on any atom is -0.508 e. The van der Waals surface area contributed by atoms with Gasteiger partial charge in [-0.3, -0.25) is 4.90 Å². The van der Waals surface area contributed by atoms with E-state index < -0.39 is 0 Å². The summed E-state index contributed by atoms with van der Waals surface area (Å²) >= 11 is 0. The number of benzene rings is 1. The van der Waals surface area contributed by atoms with Crippen molar-refractivity contribution in [2.24, 2.45) is 0 Å². The van der Waals surface area contributed by atoms with Crippen LogP contribution < -0.4 is 0 Å². The van der Waals surface area contributed by atoms with Crippen LogP contribution in [-0.4, -0.2) is 23.1 Å². The van der Waals surface area contributed by atoms with Crippen molar-refractivity contribution in [2.45, 2.75) is 52.0 Å². The lowest BCUT2D eigenvalue weighted by Crippen LogP contribution is -2.32. The normalized spacial score (nSPS) is 18.9. The fraction of sp³-hybridized carbons (Fsp3) is 0.625. The van der Waals surface area contributed by atoms with Crippen LogP contribution in [0.4, 0.5) is 0 Å². The standard InChI is InChI=1S/C16H25NO/c1-3-11-17(12-4-2)14-9-5-7-13-8-6-10-15(18)16(13)14/h6,8,10,14,18H,3-5,7,9,11-12H2,1-2H3. The van der Waals surface area contributed by atoms with E-state index in [4.69, 9.17) is 0 Å². The third-order valence-electron chi connectivity index (χ3n) is 3.89. The van der Waals surface area contributed by atoms with Crippen molar-refractivity contribution in [1.29, 1.82) is 0 Å². The molecule has 1 aliphatic carbocycles. The highest BCUT2D eigenvalue weighted by Crippen LogP contribution is 2.39. The van der Waals surface area contributed by atoms with Crippen LogP contribution in [0.2, 0.25) is 0 Å². The van der Waals surface area contributed by atoms with Crippen molar-refractivity contribution in [1.82, 2.24) is 4.90 Å². The first-order valence-electron chi connectivity index (χ1n) is 7.32. The summed E-state index contributed by atoms with van der Waals surface area (Å²) in [5.41, 5.74) is 2.55. The van der Waals surface area contributed by atoms with Crippen LogP contribution in [0.1, 0.15) is 56.7 Å². The lowest BCUT2D eigenvalue weighted by molar-refractivity contribution is 0.175. The molecule has 0 saturated carbocycles. The smallest absolute Gasteiger partial charge is 0.120 e. The monoisotopic (exact) mass is 247 g/mol. The number of aryl methyl sites for hydroxylation is 1. The Hall–Kier alpha value is -1.02. The molecule has 0 heterocycles. The number of hydrogen-bond acceptors (Lipinski definition) is 2. The summed E-state index contributed by atoms with van der Waals surface area (Å²) in [5, 5.41) is 10.2. The quantitative estimate of drug-likeness (QED) is 0.853. The number of phenolic OH excluding ortho intramolecular Hbond substituents is 1. The van der Waals surface area contributed by atoms with E-state index in [0.29, 0.717) is 11.8 Å². The summed E-state index contributed by atoms with van der Waals surface area (Å²) in [4.78, 5) is 2.55. The number of fused-ring (bicyclic) bond motifs is 1. The molecule has 1 aliphatic rings. The summed E-state index contributed by atoms with van der Waals surface area (Å²) < 4.78 is 0. The number of hydrogen-bond donors (Lipinski definition) is 1. The molecule has 0 aromatic heterocycles. The molecule has 1 unspecified atom stereocenters. The molecule has 2 heteroatoms. The Labute approximate surface area is 111 Å². The van der Waals surface area contributed by atoms with Gasteiger partial charge in [-0.25, -0.2) is 0 Å². The predicted molar refractivity (Wildman–Crippen MR) is 75.9 cm³/mol. The van der Waals surface area contributed by atoms with Crippen LogP contribution in [0.15, 0.2) is 18.2 Å². The summed E-state index contributed by atoms with van der Waals surface area (Å²) in [6, 6.07) is 6.42. The molecule has 0 amide bonds. The lowest BCUT2D eigenvalue weighted by Gasteiger charge is -2.36. The first-order chi connectivity index (χ1) is 8.77. The predicted octanol–water partition coefficient (Wildman–Crippen LogP) is 3.89. The Bertz CT molecular complexity index is 383. The van der Waals surface area contributed by atoms with Gasteiger partial charge < -0.3 is 5.11 Å². The molecule has 0 bridgehead atoms. The van der Waals surface area contributed by atoms with Gasteiger partial charge in [0.25, 0.3) is 0 Å². The van der Waals surface area contributed by atoms with Gasteiger partial charge in [0.15, 0.2) is 0 Å². The van der Waals surface area contributed by atoms with Gasteiger partial charge >= 0.3 is 0 Å². The zero-order chi connectivity index (χ0) is 13.0. The summed E-state index contributed by atoms with van der Waals surface area (Å²) in [6.07, 6.45) is 5.90. The molecule has 1 N–H and O–H groups in total. The Balaban J connectivity index is 2.29. The Morgan fingerprint density at radius 1 is 1.22 bits per heavy atom. The third kappa shape index (κ3) is 2.69. The molecule has 0 radical (unpaired) electrons. The zero-order valence-electron chi connectivity index (χ0n) is 11.7. The van der Waals surface area contributed by atoms with Gasteiger partial charge in [-0.05, 0) is 56.8 Å². The van der Waals surface area contributed by atoms with E-state index in [-0.39, 0.29) is 0 Å². The molecular weight excluding hydrogens is 222 g/mol. The average Bonchev–Trinajstić information content (AvgIpc) is 2.38. The van der Waals surface area contributed by atoms with Crippen LogP contribution in [0, 0.1) is 0 Å². The maximum atomic E-state index is 10.2. The maximum Gasteiger partial charge on any atom is 0.120 e. The first-order valence-corrected chi connectivity index (χ1v) is 7.32. The second-order valence-corrected chi connectivity index (χ2v) is 5.29. The van der Waals surface area contributed by atoms with Crippen LogP contribution >= 0.6 is 0 Å². The highest BCUT2D eigenvalue weighted by molar-refractivity contribution is 5.43. The van der Waals surface area contributed by atoms with E-state index in [9.17, 15) is 5.11 Å². The van der Waals surface area contributed by atoms with Crippen LogP contribution in [0.25, 0.3) is 0 Å². The second-order valence-electron chi connectivity index (χ2n) is 5.29. The Morgan fingerprint density at radius 3 is 2.61 bits per heavy atom. The molecule has 1 aromatic carbocycles. The second kappa shape index (κ2) is 6.24. The van der Waals surface area contributed by atoms with Crippen molar-refractivity contribution in [3.8, 4) is 5.75 Å². The van der Waals surface area contributed by atoms with Crippen LogP contribution in [-0.2, 0) is 6.42 Å². The van der Waals surface area contributed by atoms with Gasteiger partial charge in [0.1, 0.15) is 5.75 Å². The van der Waals surface area contributed by atoms with Gasteiger partial charge in [-0.1, -0.05) is 26.0 Å². The molecule has 0 saturated heterocycles.